The first-order valence-electron chi connectivity index (χ1n) is 7.58. The van der Waals surface area contributed by atoms with Gasteiger partial charge in [-0.2, -0.15) is 0 Å². The molecule has 5 heteroatoms. The SMILES string of the molecule is CCCc1ccc(N(C)C(=O)c2cccc(N=C(N)N)c2)cc1. The Morgan fingerprint density at radius 1 is 1.13 bits per heavy atom. The normalized spacial score (nSPS) is 10.2. The summed E-state index contributed by atoms with van der Waals surface area (Å²) < 4.78 is 0. The molecule has 0 bridgehead atoms. The number of guanidine groups is 1. The highest BCUT2D eigenvalue weighted by molar-refractivity contribution is 6.06. The molecule has 0 aliphatic rings. The van der Waals surface area contributed by atoms with Crippen molar-refractivity contribution in [1.82, 2.24) is 0 Å². The van der Waals surface area contributed by atoms with Gasteiger partial charge in [0.05, 0.1) is 5.69 Å². The van der Waals surface area contributed by atoms with Crippen LogP contribution in [-0.4, -0.2) is 18.9 Å². The Morgan fingerprint density at radius 2 is 1.83 bits per heavy atom. The smallest absolute Gasteiger partial charge is 0.258 e. The average molecular weight is 310 g/mol. The number of carbonyl (C=O) groups is 1. The molecule has 0 aromatic heterocycles. The van der Waals surface area contributed by atoms with E-state index in [4.69, 9.17) is 11.5 Å². The number of anilines is 1. The van der Waals surface area contributed by atoms with Gasteiger partial charge in [0.25, 0.3) is 5.91 Å². The number of benzene rings is 2. The molecule has 5 nitrogen and oxygen atoms in total. The van der Waals surface area contributed by atoms with Crippen molar-refractivity contribution in [3.8, 4) is 0 Å². The van der Waals surface area contributed by atoms with E-state index in [9.17, 15) is 4.79 Å². The molecule has 0 fully saturated rings. The molecular formula is C18H22N4O. The van der Waals surface area contributed by atoms with Crippen LogP contribution in [0.25, 0.3) is 0 Å². The number of carbonyl (C=O) groups excluding carboxylic acids is 1. The molecule has 0 saturated carbocycles. The van der Waals surface area contributed by atoms with Crippen molar-refractivity contribution < 1.29 is 4.79 Å². The van der Waals surface area contributed by atoms with Gasteiger partial charge in [-0.1, -0.05) is 31.5 Å². The highest BCUT2D eigenvalue weighted by Gasteiger charge is 2.13. The fraction of sp³-hybridized carbons (Fsp3) is 0.222. The Hall–Kier alpha value is -2.82. The van der Waals surface area contributed by atoms with E-state index in [0.717, 1.165) is 18.5 Å². The zero-order valence-corrected chi connectivity index (χ0v) is 13.5. The second kappa shape index (κ2) is 7.45. The predicted octanol–water partition coefficient (Wildman–Crippen LogP) is 2.82. The maximum Gasteiger partial charge on any atom is 0.258 e. The van der Waals surface area contributed by atoms with Gasteiger partial charge in [0.1, 0.15) is 0 Å². The monoisotopic (exact) mass is 310 g/mol. The van der Waals surface area contributed by atoms with Crippen LogP contribution >= 0.6 is 0 Å². The molecule has 0 spiro atoms. The summed E-state index contributed by atoms with van der Waals surface area (Å²) in [6, 6.07) is 15.0. The van der Waals surface area contributed by atoms with E-state index in [1.165, 1.54) is 5.56 Å². The lowest BCUT2D eigenvalue weighted by molar-refractivity contribution is 0.0993. The maximum atomic E-state index is 12.6. The fourth-order valence-corrected chi connectivity index (χ4v) is 2.34. The third-order valence-corrected chi connectivity index (χ3v) is 3.52. The molecule has 23 heavy (non-hydrogen) atoms. The molecular weight excluding hydrogens is 288 g/mol. The molecule has 0 radical (unpaired) electrons. The Bertz CT molecular complexity index is 703. The molecule has 0 unspecified atom stereocenters. The summed E-state index contributed by atoms with van der Waals surface area (Å²) in [7, 11) is 1.75. The van der Waals surface area contributed by atoms with E-state index in [1.807, 2.05) is 12.1 Å². The molecule has 0 saturated heterocycles. The van der Waals surface area contributed by atoms with Gasteiger partial charge in [0.15, 0.2) is 5.96 Å². The van der Waals surface area contributed by atoms with Gasteiger partial charge < -0.3 is 16.4 Å². The number of amides is 1. The van der Waals surface area contributed by atoms with Crippen LogP contribution in [0, 0.1) is 0 Å². The Morgan fingerprint density at radius 3 is 2.43 bits per heavy atom. The summed E-state index contributed by atoms with van der Waals surface area (Å²) in [5.41, 5.74) is 14.0. The van der Waals surface area contributed by atoms with Gasteiger partial charge in [-0.15, -0.1) is 0 Å². The first kappa shape index (κ1) is 16.5. The summed E-state index contributed by atoms with van der Waals surface area (Å²) in [6.45, 7) is 2.15. The molecule has 0 atom stereocenters. The molecule has 120 valence electrons. The lowest BCUT2D eigenvalue weighted by Gasteiger charge is -2.18. The van der Waals surface area contributed by atoms with E-state index in [1.54, 1.807) is 36.2 Å². The summed E-state index contributed by atoms with van der Waals surface area (Å²) in [5.74, 6) is -0.143. The molecule has 2 aromatic carbocycles. The lowest BCUT2D eigenvalue weighted by Crippen LogP contribution is -2.26. The predicted molar refractivity (Wildman–Crippen MR) is 95.1 cm³/mol. The Labute approximate surface area is 136 Å². The summed E-state index contributed by atoms with van der Waals surface area (Å²) in [6.07, 6.45) is 2.14. The van der Waals surface area contributed by atoms with Crippen molar-refractivity contribution in [2.75, 3.05) is 11.9 Å². The van der Waals surface area contributed by atoms with Crippen LogP contribution in [0.5, 0.6) is 0 Å². The number of aliphatic imine (C=N–C) groups is 1. The zero-order valence-electron chi connectivity index (χ0n) is 13.5. The lowest BCUT2D eigenvalue weighted by atomic mass is 10.1. The molecule has 2 rings (SSSR count). The van der Waals surface area contributed by atoms with E-state index < -0.39 is 0 Å². The second-order valence-corrected chi connectivity index (χ2v) is 5.37. The molecule has 1 amide bonds. The number of rotatable bonds is 5. The van der Waals surface area contributed by atoms with Gasteiger partial charge in [0.2, 0.25) is 0 Å². The van der Waals surface area contributed by atoms with Crippen LogP contribution in [-0.2, 0) is 6.42 Å². The zero-order chi connectivity index (χ0) is 16.8. The van der Waals surface area contributed by atoms with E-state index in [2.05, 4.69) is 24.0 Å². The van der Waals surface area contributed by atoms with E-state index >= 15 is 0 Å². The first-order valence-corrected chi connectivity index (χ1v) is 7.58. The van der Waals surface area contributed by atoms with Crippen LogP contribution in [0.4, 0.5) is 11.4 Å². The summed E-state index contributed by atoms with van der Waals surface area (Å²) >= 11 is 0. The average Bonchev–Trinajstić information content (AvgIpc) is 2.54. The highest BCUT2D eigenvalue weighted by atomic mass is 16.2. The Balaban J connectivity index is 2.20. The van der Waals surface area contributed by atoms with Gasteiger partial charge in [-0.05, 0) is 42.3 Å². The number of nitrogens with zero attached hydrogens (tertiary/aromatic N) is 2. The van der Waals surface area contributed by atoms with Crippen LogP contribution in [0.1, 0.15) is 29.3 Å². The Kier molecular flexibility index (Phi) is 5.36. The number of nitrogens with two attached hydrogens (primary N) is 2. The first-order chi connectivity index (χ1) is 11.0. The third-order valence-electron chi connectivity index (χ3n) is 3.52. The van der Waals surface area contributed by atoms with Crippen molar-refractivity contribution in [2.24, 2.45) is 16.5 Å². The number of hydrogen-bond donors (Lipinski definition) is 2. The number of aryl methyl sites for hydroxylation is 1. The topological polar surface area (TPSA) is 84.7 Å². The van der Waals surface area contributed by atoms with Crippen LogP contribution in [0.2, 0.25) is 0 Å². The van der Waals surface area contributed by atoms with Gasteiger partial charge >= 0.3 is 0 Å². The molecule has 2 aromatic rings. The van der Waals surface area contributed by atoms with Crippen LogP contribution in [0.3, 0.4) is 0 Å². The summed E-state index contributed by atoms with van der Waals surface area (Å²) in [4.78, 5) is 18.2. The molecule has 0 aliphatic heterocycles. The summed E-state index contributed by atoms with van der Waals surface area (Å²) in [5, 5.41) is 0. The van der Waals surface area contributed by atoms with Crippen LogP contribution < -0.4 is 16.4 Å². The quantitative estimate of drug-likeness (QED) is 0.658. The standard InChI is InChI=1S/C18H22N4O/c1-3-5-13-8-10-16(11-9-13)22(2)17(23)14-6-4-7-15(12-14)21-18(19)20/h4,6-12H,3,5H2,1-2H3,(H4,19,20,21). The molecule has 0 heterocycles. The maximum absolute atomic E-state index is 12.6. The van der Waals surface area contributed by atoms with Gasteiger partial charge in [-0.25, -0.2) is 4.99 Å². The van der Waals surface area contributed by atoms with Crippen molar-refractivity contribution in [1.29, 1.82) is 0 Å². The molecule has 0 aliphatic carbocycles. The van der Waals surface area contributed by atoms with Crippen LogP contribution in [0.15, 0.2) is 53.5 Å². The minimum absolute atomic E-state index is 0.0329. The van der Waals surface area contributed by atoms with Crippen molar-refractivity contribution in [3.05, 3.63) is 59.7 Å². The minimum atomic E-state index is -0.110. The van der Waals surface area contributed by atoms with E-state index in [0.29, 0.717) is 11.3 Å². The van der Waals surface area contributed by atoms with E-state index in [-0.39, 0.29) is 11.9 Å². The van der Waals surface area contributed by atoms with Crippen molar-refractivity contribution in [3.63, 3.8) is 0 Å². The van der Waals surface area contributed by atoms with Crippen molar-refractivity contribution in [2.45, 2.75) is 19.8 Å². The number of hydrogen-bond acceptors (Lipinski definition) is 2. The van der Waals surface area contributed by atoms with Crippen molar-refractivity contribution >= 4 is 23.2 Å². The second-order valence-electron chi connectivity index (χ2n) is 5.37. The highest BCUT2D eigenvalue weighted by Crippen LogP contribution is 2.20. The largest absolute Gasteiger partial charge is 0.370 e. The van der Waals surface area contributed by atoms with Gasteiger partial charge in [0, 0.05) is 18.3 Å². The third kappa shape index (κ3) is 4.32. The van der Waals surface area contributed by atoms with Gasteiger partial charge in [-0.3, -0.25) is 4.79 Å². The fourth-order valence-electron chi connectivity index (χ4n) is 2.34. The minimum Gasteiger partial charge on any atom is -0.370 e. The molecule has 4 N–H and O–H groups in total.